The zero-order valence-corrected chi connectivity index (χ0v) is 10.7. The van der Waals surface area contributed by atoms with Crippen LogP contribution in [0.15, 0.2) is 35.2 Å². The van der Waals surface area contributed by atoms with Crippen molar-refractivity contribution < 1.29 is 4.79 Å². The highest BCUT2D eigenvalue weighted by molar-refractivity contribution is 7.07. The Kier molecular flexibility index (Phi) is 3.91. The van der Waals surface area contributed by atoms with Gasteiger partial charge in [0.1, 0.15) is 5.69 Å². The molecule has 18 heavy (non-hydrogen) atoms. The number of carbonyl (C=O) groups is 1. The molecule has 1 unspecified atom stereocenters. The summed E-state index contributed by atoms with van der Waals surface area (Å²) in [7, 11) is 0. The van der Waals surface area contributed by atoms with Crippen molar-refractivity contribution in [2.75, 3.05) is 5.43 Å². The molecule has 0 aliphatic carbocycles. The molecule has 2 aromatic rings. The van der Waals surface area contributed by atoms with E-state index in [9.17, 15) is 4.79 Å². The summed E-state index contributed by atoms with van der Waals surface area (Å²) < 4.78 is 0. The van der Waals surface area contributed by atoms with Crippen molar-refractivity contribution in [3.63, 3.8) is 0 Å². The number of anilines is 1. The van der Waals surface area contributed by atoms with Crippen molar-refractivity contribution in [3.05, 3.63) is 46.4 Å². The number of aromatic nitrogens is 1. The van der Waals surface area contributed by atoms with Gasteiger partial charge < -0.3 is 10.7 Å². The van der Waals surface area contributed by atoms with E-state index in [0.29, 0.717) is 11.4 Å². The Balaban J connectivity index is 2.07. The Bertz CT molecular complexity index is 527. The number of rotatable bonds is 4. The maximum atomic E-state index is 12.0. The van der Waals surface area contributed by atoms with Gasteiger partial charge in [0.25, 0.3) is 5.91 Å². The third-order valence-electron chi connectivity index (χ3n) is 2.55. The summed E-state index contributed by atoms with van der Waals surface area (Å²) >= 11 is 1.60. The van der Waals surface area contributed by atoms with Crippen molar-refractivity contribution in [2.24, 2.45) is 5.84 Å². The number of nitrogens with zero attached hydrogens (tertiary/aromatic N) is 1. The van der Waals surface area contributed by atoms with Crippen molar-refractivity contribution in [1.82, 2.24) is 10.3 Å². The number of hydrazine groups is 1. The Hall–Kier alpha value is -1.92. The molecule has 6 heteroatoms. The zero-order chi connectivity index (χ0) is 13.0. The fourth-order valence-corrected chi connectivity index (χ4v) is 2.27. The lowest BCUT2D eigenvalue weighted by Gasteiger charge is -2.12. The van der Waals surface area contributed by atoms with Crippen molar-refractivity contribution >= 4 is 22.9 Å². The monoisotopic (exact) mass is 262 g/mol. The number of hydrogen-bond acceptors (Lipinski definition) is 5. The number of hydrogen-bond donors (Lipinski definition) is 3. The lowest BCUT2D eigenvalue weighted by Crippen LogP contribution is -2.27. The summed E-state index contributed by atoms with van der Waals surface area (Å²) in [5.74, 6) is 5.07. The Morgan fingerprint density at radius 3 is 3.00 bits per heavy atom. The molecule has 94 valence electrons. The van der Waals surface area contributed by atoms with E-state index in [1.807, 2.05) is 23.8 Å². The summed E-state index contributed by atoms with van der Waals surface area (Å²) in [6.45, 7) is 1.94. The van der Waals surface area contributed by atoms with Gasteiger partial charge in [-0.1, -0.05) is 0 Å². The Morgan fingerprint density at radius 1 is 1.50 bits per heavy atom. The van der Waals surface area contributed by atoms with Crippen LogP contribution in [0.25, 0.3) is 0 Å². The highest BCUT2D eigenvalue weighted by atomic mass is 32.1. The summed E-state index contributed by atoms with van der Waals surface area (Å²) in [4.78, 5) is 16.0. The van der Waals surface area contributed by atoms with Crippen molar-refractivity contribution in [3.8, 4) is 0 Å². The number of amides is 1. The van der Waals surface area contributed by atoms with Gasteiger partial charge in [0.15, 0.2) is 0 Å². The topological polar surface area (TPSA) is 80.0 Å². The SMILES string of the molecule is CC(NC(=O)c1cc(NN)ccn1)c1ccsc1. The van der Waals surface area contributed by atoms with E-state index in [2.05, 4.69) is 15.7 Å². The summed E-state index contributed by atoms with van der Waals surface area (Å²) in [5, 5.41) is 6.88. The second-order valence-corrected chi connectivity index (χ2v) is 4.61. The molecule has 0 fully saturated rings. The molecule has 5 nitrogen and oxygen atoms in total. The van der Waals surface area contributed by atoms with E-state index < -0.39 is 0 Å². The van der Waals surface area contributed by atoms with Crippen LogP contribution in [0.5, 0.6) is 0 Å². The van der Waals surface area contributed by atoms with E-state index in [1.165, 1.54) is 0 Å². The standard InChI is InChI=1S/C12H14N4OS/c1-8(9-3-5-18-7-9)15-12(17)11-6-10(16-13)2-4-14-11/h2-8H,13H2,1H3,(H,14,16)(H,15,17). The quantitative estimate of drug-likeness (QED) is 0.581. The van der Waals surface area contributed by atoms with Crippen molar-refractivity contribution in [1.29, 1.82) is 0 Å². The molecule has 4 N–H and O–H groups in total. The molecule has 1 amide bonds. The van der Waals surface area contributed by atoms with Gasteiger partial charge in [-0.15, -0.1) is 0 Å². The maximum absolute atomic E-state index is 12.0. The highest BCUT2D eigenvalue weighted by Crippen LogP contribution is 2.16. The molecule has 0 saturated carbocycles. The minimum absolute atomic E-state index is 0.0416. The molecule has 0 aromatic carbocycles. The van der Waals surface area contributed by atoms with Gasteiger partial charge >= 0.3 is 0 Å². The Labute approximate surface area is 109 Å². The lowest BCUT2D eigenvalue weighted by atomic mass is 10.2. The fourth-order valence-electron chi connectivity index (χ4n) is 1.52. The van der Waals surface area contributed by atoms with Gasteiger partial charge in [0.2, 0.25) is 0 Å². The van der Waals surface area contributed by atoms with Crippen LogP contribution in [0.1, 0.15) is 29.0 Å². The van der Waals surface area contributed by atoms with E-state index in [0.717, 1.165) is 5.56 Å². The molecule has 2 aromatic heterocycles. The first-order valence-electron chi connectivity index (χ1n) is 5.46. The fraction of sp³-hybridized carbons (Fsp3) is 0.167. The average molecular weight is 262 g/mol. The molecular formula is C12H14N4OS. The maximum Gasteiger partial charge on any atom is 0.270 e. The molecule has 0 radical (unpaired) electrons. The van der Waals surface area contributed by atoms with Crippen molar-refractivity contribution in [2.45, 2.75) is 13.0 Å². The minimum Gasteiger partial charge on any atom is -0.344 e. The first kappa shape index (κ1) is 12.5. The van der Waals surface area contributed by atoms with Gasteiger partial charge in [0, 0.05) is 6.20 Å². The largest absolute Gasteiger partial charge is 0.344 e. The molecule has 0 bridgehead atoms. The predicted octanol–water partition coefficient (Wildman–Crippen LogP) is 1.92. The highest BCUT2D eigenvalue weighted by Gasteiger charge is 2.12. The minimum atomic E-state index is -0.217. The van der Waals surface area contributed by atoms with Crippen LogP contribution in [-0.2, 0) is 0 Å². The second kappa shape index (κ2) is 5.61. The summed E-state index contributed by atoms with van der Waals surface area (Å²) in [6, 6.07) is 5.25. The third kappa shape index (κ3) is 2.85. The number of thiophene rings is 1. The van der Waals surface area contributed by atoms with Crippen LogP contribution in [0.3, 0.4) is 0 Å². The lowest BCUT2D eigenvalue weighted by molar-refractivity contribution is 0.0935. The number of carbonyl (C=O) groups excluding carboxylic acids is 1. The third-order valence-corrected chi connectivity index (χ3v) is 3.25. The van der Waals surface area contributed by atoms with Crippen LogP contribution >= 0.6 is 11.3 Å². The first-order chi connectivity index (χ1) is 8.70. The second-order valence-electron chi connectivity index (χ2n) is 3.83. The van der Waals surface area contributed by atoms with E-state index >= 15 is 0 Å². The van der Waals surface area contributed by atoms with Crippen LogP contribution in [0.4, 0.5) is 5.69 Å². The molecular weight excluding hydrogens is 248 g/mol. The van der Waals surface area contributed by atoms with Crippen LogP contribution in [0.2, 0.25) is 0 Å². The molecule has 0 saturated heterocycles. The first-order valence-corrected chi connectivity index (χ1v) is 6.40. The normalized spacial score (nSPS) is 11.9. The molecule has 2 rings (SSSR count). The zero-order valence-electron chi connectivity index (χ0n) is 9.88. The number of nitrogens with two attached hydrogens (primary N) is 1. The van der Waals surface area contributed by atoms with Crippen LogP contribution < -0.4 is 16.6 Å². The number of pyridine rings is 1. The van der Waals surface area contributed by atoms with Gasteiger partial charge in [-0.25, -0.2) is 0 Å². The summed E-state index contributed by atoms with van der Waals surface area (Å²) in [6.07, 6.45) is 1.54. The predicted molar refractivity (Wildman–Crippen MR) is 72.2 cm³/mol. The molecule has 0 aliphatic rings. The number of nitrogens with one attached hydrogen (secondary N) is 2. The van der Waals surface area contributed by atoms with E-state index in [1.54, 1.807) is 29.7 Å². The van der Waals surface area contributed by atoms with Gasteiger partial charge in [-0.2, -0.15) is 11.3 Å². The molecule has 0 aliphatic heterocycles. The molecule has 1 atom stereocenters. The molecule has 2 heterocycles. The Morgan fingerprint density at radius 2 is 2.33 bits per heavy atom. The summed E-state index contributed by atoms with van der Waals surface area (Å²) in [5.41, 5.74) is 4.56. The van der Waals surface area contributed by atoms with Gasteiger partial charge in [0.05, 0.1) is 11.7 Å². The van der Waals surface area contributed by atoms with E-state index in [4.69, 9.17) is 5.84 Å². The molecule has 0 spiro atoms. The number of nitrogen functional groups attached to an aromatic ring is 1. The van der Waals surface area contributed by atoms with Crippen LogP contribution in [0, 0.1) is 0 Å². The van der Waals surface area contributed by atoms with E-state index in [-0.39, 0.29) is 11.9 Å². The van der Waals surface area contributed by atoms with Gasteiger partial charge in [-0.05, 0) is 41.4 Å². The van der Waals surface area contributed by atoms with Gasteiger partial charge in [-0.3, -0.25) is 15.6 Å². The smallest absolute Gasteiger partial charge is 0.270 e. The average Bonchev–Trinajstić information content (AvgIpc) is 2.92. The van der Waals surface area contributed by atoms with Crippen LogP contribution in [-0.4, -0.2) is 10.9 Å².